The minimum Gasteiger partial charge on any atom is -0.359 e. The Hall–Kier alpha value is -3.97. The largest absolute Gasteiger partial charge is 0.359 e. The number of likely N-dealkylation sites (tertiary alicyclic amines) is 1. The van der Waals surface area contributed by atoms with Gasteiger partial charge < -0.3 is 20.9 Å². The Kier molecular flexibility index (Phi) is 10.1. The van der Waals surface area contributed by atoms with Crippen molar-refractivity contribution in [1.29, 1.82) is 0 Å². The molecule has 1 aliphatic heterocycles. The molecule has 1 aliphatic rings. The first-order valence-electron chi connectivity index (χ1n) is 15.2. The maximum Gasteiger partial charge on any atom is 0.246 e. The van der Waals surface area contributed by atoms with E-state index in [4.69, 9.17) is 5.73 Å². The molecule has 4 rings (SSSR count). The summed E-state index contributed by atoms with van der Waals surface area (Å²) in [5, 5.41) is 5.09. The Morgan fingerprint density at radius 1 is 0.977 bits per heavy atom. The summed E-state index contributed by atoms with van der Waals surface area (Å²) < 4.78 is 0. The first-order valence-corrected chi connectivity index (χ1v) is 15.2. The standard InChI is InChI=1S/C36H46N4O3/c1-26(24-35(2,3)37)21-32(41)39(5)31(23-28-15-16-29-13-9-10-14-30(29)22-28)33(42)40-19-17-36(18-20-40,34(43)38-4)25-27-11-7-6-8-12-27/h6-16,21-22,31H,17-20,23-25,37H2,1-5H3,(H,38,43)/t31-/m1/s1. The zero-order valence-corrected chi connectivity index (χ0v) is 26.2. The van der Waals surface area contributed by atoms with E-state index in [0.717, 1.165) is 27.5 Å². The van der Waals surface area contributed by atoms with Crippen molar-refractivity contribution in [1.82, 2.24) is 15.1 Å². The SMILES string of the molecule is CNC(=O)C1(Cc2ccccc2)CCN(C(=O)[C@@H](Cc2ccc3ccccc3c2)N(C)C(=O)C=C(C)CC(C)(C)N)CC1. The van der Waals surface area contributed by atoms with E-state index < -0.39 is 17.0 Å². The summed E-state index contributed by atoms with van der Waals surface area (Å²) in [5.74, 6) is -0.312. The van der Waals surface area contributed by atoms with Gasteiger partial charge in [-0.05, 0) is 68.4 Å². The molecule has 1 atom stereocenters. The van der Waals surface area contributed by atoms with Gasteiger partial charge in [0.15, 0.2) is 0 Å². The molecule has 1 heterocycles. The molecule has 3 amide bonds. The number of nitrogens with zero attached hydrogens (tertiary/aromatic N) is 2. The Labute approximate surface area is 256 Å². The van der Waals surface area contributed by atoms with Gasteiger partial charge in [0.25, 0.3) is 0 Å². The quantitative estimate of drug-likeness (QED) is 0.333. The van der Waals surface area contributed by atoms with E-state index in [1.54, 1.807) is 25.1 Å². The van der Waals surface area contributed by atoms with Crippen molar-refractivity contribution in [3.05, 3.63) is 95.6 Å². The number of piperidine rings is 1. The van der Waals surface area contributed by atoms with Gasteiger partial charge in [0, 0.05) is 45.2 Å². The van der Waals surface area contributed by atoms with E-state index in [2.05, 4.69) is 29.6 Å². The third-order valence-electron chi connectivity index (χ3n) is 8.57. The number of benzene rings is 3. The van der Waals surface area contributed by atoms with E-state index in [-0.39, 0.29) is 17.7 Å². The molecular formula is C36H46N4O3. The van der Waals surface area contributed by atoms with Crippen LogP contribution in [0.3, 0.4) is 0 Å². The third-order valence-corrected chi connectivity index (χ3v) is 8.57. The van der Waals surface area contributed by atoms with Crippen molar-refractivity contribution in [2.75, 3.05) is 27.2 Å². The average molecular weight is 583 g/mol. The smallest absolute Gasteiger partial charge is 0.246 e. The van der Waals surface area contributed by atoms with Crippen molar-refractivity contribution < 1.29 is 14.4 Å². The molecule has 43 heavy (non-hydrogen) atoms. The highest BCUT2D eigenvalue weighted by atomic mass is 16.2. The second kappa shape index (κ2) is 13.6. The lowest BCUT2D eigenvalue weighted by Crippen LogP contribution is -2.55. The number of nitrogens with two attached hydrogens (primary N) is 1. The maximum absolute atomic E-state index is 14.2. The number of nitrogens with one attached hydrogen (secondary N) is 1. The number of rotatable bonds is 10. The zero-order valence-electron chi connectivity index (χ0n) is 26.2. The Balaban J connectivity index is 1.58. The Morgan fingerprint density at radius 2 is 1.60 bits per heavy atom. The summed E-state index contributed by atoms with van der Waals surface area (Å²) in [6.07, 6.45) is 4.29. The van der Waals surface area contributed by atoms with E-state index in [1.807, 2.05) is 74.2 Å². The average Bonchev–Trinajstić information content (AvgIpc) is 2.98. The topological polar surface area (TPSA) is 95.7 Å². The van der Waals surface area contributed by atoms with Crippen molar-refractivity contribution in [3.8, 4) is 0 Å². The van der Waals surface area contributed by atoms with Crippen LogP contribution in [-0.2, 0) is 27.2 Å². The second-order valence-corrected chi connectivity index (χ2v) is 12.9. The second-order valence-electron chi connectivity index (χ2n) is 12.9. The molecular weight excluding hydrogens is 536 g/mol. The van der Waals surface area contributed by atoms with Crippen LogP contribution in [0.2, 0.25) is 0 Å². The molecule has 0 aliphatic carbocycles. The van der Waals surface area contributed by atoms with E-state index >= 15 is 0 Å². The molecule has 3 N–H and O–H groups in total. The first kappa shape index (κ1) is 32.0. The lowest BCUT2D eigenvalue weighted by molar-refractivity contribution is -0.146. The number of likely N-dealkylation sites (N-methyl/N-ethyl adjacent to an activating group) is 1. The van der Waals surface area contributed by atoms with Crippen LogP contribution in [0.15, 0.2) is 84.4 Å². The van der Waals surface area contributed by atoms with E-state index in [1.165, 1.54) is 0 Å². The summed E-state index contributed by atoms with van der Waals surface area (Å²) in [6.45, 7) is 6.66. The summed E-state index contributed by atoms with van der Waals surface area (Å²) in [6, 6.07) is 23.7. The van der Waals surface area contributed by atoms with Gasteiger partial charge in [0.2, 0.25) is 17.7 Å². The molecule has 0 unspecified atom stereocenters. The fourth-order valence-electron chi connectivity index (χ4n) is 6.32. The van der Waals surface area contributed by atoms with Crippen LogP contribution in [0.25, 0.3) is 10.8 Å². The van der Waals surface area contributed by atoms with Gasteiger partial charge in [0.1, 0.15) is 6.04 Å². The van der Waals surface area contributed by atoms with Crippen LogP contribution in [0, 0.1) is 5.41 Å². The number of fused-ring (bicyclic) bond motifs is 1. The molecule has 0 radical (unpaired) electrons. The molecule has 1 fully saturated rings. The van der Waals surface area contributed by atoms with Crippen LogP contribution < -0.4 is 11.1 Å². The summed E-state index contributed by atoms with van der Waals surface area (Å²) in [7, 11) is 3.38. The van der Waals surface area contributed by atoms with Gasteiger partial charge in [-0.2, -0.15) is 0 Å². The molecule has 0 bridgehead atoms. The van der Waals surface area contributed by atoms with Crippen molar-refractivity contribution in [3.63, 3.8) is 0 Å². The molecule has 0 spiro atoms. The van der Waals surface area contributed by atoms with Crippen molar-refractivity contribution in [2.24, 2.45) is 11.1 Å². The van der Waals surface area contributed by atoms with Crippen LogP contribution >= 0.6 is 0 Å². The molecule has 0 aromatic heterocycles. The number of carbonyl (C=O) groups excluding carboxylic acids is 3. The fraction of sp³-hybridized carbons (Fsp3) is 0.417. The lowest BCUT2D eigenvalue weighted by atomic mass is 9.73. The zero-order chi connectivity index (χ0) is 31.2. The summed E-state index contributed by atoms with van der Waals surface area (Å²) >= 11 is 0. The Bertz CT molecular complexity index is 1470. The number of hydrogen-bond donors (Lipinski definition) is 2. The summed E-state index contributed by atoms with van der Waals surface area (Å²) in [4.78, 5) is 44.3. The predicted molar refractivity (Wildman–Crippen MR) is 173 cm³/mol. The van der Waals surface area contributed by atoms with Gasteiger partial charge >= 0.3 is 0 Å². The molecule has 0 saturated carbocycles. The van der Waals surface area contributed by atoms with Gasteiger partial charge in [-0.15, -0.1) is 0 Å². The highest BCUT2D eigenvalue weighted by molar-refractivity contribution is 5.94. The normalized spacial score (nSPS) is 16.0. The number of hydrogen-bond acceptors (Lipinski definition) is 4. The highest BCUT2D eigenvalue weighted by Crippen LogP contribution is 2.36. The van der Waals surface area contributed by atoms with Crippen LogP contribution in [0.5, 0.6) is 0 Å². The van der Waals surface area contributed by atoms with Crippen molar-refractivity contribution in [2.45, 2.75) is 64.5 Å². The first-order chi connectivity index (χ1) is 20.4. The van der Waals surface area contributed by atoms with E-state index in [0.29, 0.717) is 45.2 Å². The van der Waals surface area contributed by atoms with Gasteiger partial charge in [-0.1, -0.05) is 78.4 Å². The van der Waals surface area contributed by atoms with E-state index in [9.17, 15) is 14.4 Å². The molecule has 228 valence electrons. The number of carbonyl (C=O) groups is 3. The minimum atomic E-state index is -0.690. The molecule has 7 nitrogen and oxygen atoms in total. The van der Waals surface area contributed by atoms with Crippen LogP contribution in [-0.4, -0.2) is 66.3 Å². The van der Waals surface area contributed by atoms with Crippen molar-refractivity contribution >= 4 is 28.5 Å². The predicted octanol–water partition coefficient (Wildman–Crippen LogP) is 4.88. The third kappa shape index (κ3) is 8.11. The van der Waals surface area contributed by atoms with Gasteiger partial charge in [0.05, 0.1) is 5.41 Å². The van der Waals surface area contributed by atoms with Gasteiger partial charge in [-0.3, -0.25) is 14.4 Å². The minimum absolute atomic E-state index is 0.00639. The van der Waals surface area contributed by atoms with Crippen LogP contribution in [0.1, 0.15) is 51.2 Å². The number of amides is 3. The molecule has 7 heteroatoms. The highest BCUT2D eigenvalue weighted by Gasteiger charge is 2.43. The summed E-state index contributed by atoms with van der Waals surface area (Å²) in [5.41, 5.74) is 8.13. The molecule has 3 aromatic rings. The molecule has 3 aromatic carbocycles. The van der Waals surface area contributed by atoms with Crippen LogP contribution in [0.4, 0.5) is 0 Å². The monoisotopic (exact) mass is 582 g/mol. The molecule has 1 saturated heterocycles. The van der Waals surface area contributed by atoms with Gasteiger partial charge in [-0.25, -0.2) is 0 Å². The fourth-order valence-corrected chi connectivity index (χ4v) is 6.32. The lowest BCUT2D eigenvalue weighted by Gasteiger charge is -2.42. The maximum atomic E-state index is 14.2. The Morgan fingerprint density at radius 3 is 2.23 bits per heavy atom.